The first kappa shape index (κ1) is 18.4. The minimum Gasteiger partial charge on any atom is -0.368 e. The highest BCUT2D eigenvalue weighted by molar-refractivity contribution is 7.89. The SMILES string of the molecule is CC(C(F)(F)F)S(=O)(=O)N(C)C(C(N)=O)c1cccc(F)c1. The molecular formula is C12H14F4N2O3S. The molecule has 124 valence electrons. The standard InChI is InChI=1S/C12H14F4N2O3S/c1-7(12(14,15)16)22(20,21)18(2)10(11(17)19)8-4-3-5-9(13)6-8/h3-7,10H,1-2H3,(H2,17,19). The Morgan fingerprint density at radius 2 is 1.86 bits per heavy atom. The molecule has 1 aromatic carbocycles. The van der Waals surface area contributed by atoms with E-state index in [0.717, 1.165) is 19.2 Å². The van der Waals surface area contributed by atoms with E-state index in [-0.39, 0.29) is 9.87 Å². The number of rotatable bonds is 5. The van der Waals surface area contributed by atoms with Crippen molar-refractivity contribution < 1.29 is 30.8 Å². The van der Waals surface area contributed by atoms with Gasteiger partial charge in [-0.1, -0.05) is 12.1 Å². The van der Waals surface area contributed by atoms with Crippen LogP contribution in [0.15, 0.2) is 24.3 Å². The summed E-state index contributed by atoms with van der Waals surface area (Å²) in [5.74, 6) is -2.00. The molecule has 0 spiro atoms. The molecule has 0 aliphatic carbocycles. The number of halogens is 4. The number of alkyl halides is 3. The largest absolute Gasteiger partial charge is 0.406 e. The van der Waals surface area contributed by atoms with Crippen molar-refractivity contribution in [2.75, 3.05) is 7.05 Å². The topological polar surface area (TPSA) is 80.5 Å². The lowest BCUT2D eigenvalue weighted by molar-refractivity contribution is -0.129. The number of likely N-dealkylation sites (N-methyl/N-ethyl adjacent to an activating group) is 1. The third kappa shape index (κ3) is 3.74. The maximum atomic E-state index is 13.2. The van der Waals surface area contributed by atoms with Crippen LogP contribution in [0, 0.1) is 5.82 Å². The van der Waals surface area contributed by atoms with Crippen molar-refractivity contribution in [2.45, 2.75) is 24.4 Å². The molecule has 2 N–H and O–H groups in total. The molecule has 0 fully saturated rings. The van der Waals surface area contributed by atoms with Crippen LogP contribution in [0.1, 0.15) is 18.5 Å². The van der Waals surface area contributed by atoms with Gasteiger partial charge < -0.3 is 5.73 Å². The number of benzene rings is 1. The molecule has 0 saturated carbocycles. The van der Waals surface area contributed by atoms with E-state index in [2.05, 4.69) is 0 Å². The van der Waals surface area contributed by atoms with Gasteiger partial charge in [0.05, 0.1) is 0 Å². The zero-order chi connectivity index (χ0) is 17.3. The van der Waals surface area contributed by atoms with Crippen molar-refractivity contribution in [1.82, 2.24) is 4.31 Å². The fourth-order valence-corrected chi connectivity index (χ4v) is 3.15. The van der Waals surface area contributed by atoms with Gasteiger partial charge in [0, 0.05) is 7.05 Å². The van der Waals surface area contributed by atoms with Crippen molar-refractivity contribution in [1.29, 1.82) is 0 Å². The Labute approximate surface area is 124 Å². The van der Waals surface area contributed by atoms with E-state index < -0.39 is 39.2 Å². The van der Waals surface area contributed by atoms with Crippen molar-refractivity contribution in [2.24, 2.45) is 5.73 Å². The van der Waals surface area contributed by atoms with Gasteiger partial charge in [-0.25, -0.2) is 12.8 Å². The zero-order valence-electron chi connectivity index (χ0n) is 11.6. The van der Waals surface area contributed by atoms with Crippen LogP contribution in [0.2, 0.25) is 0 Å². The van der Waals surface area contributed by atoms with Crippen LogP contribution in [0.25, 0.3) is 0 Å². The molecular weight excluding hydrogens is 328 g/mol. The number of sulfonamides is 1. The Morgan fingerprint density at radius 3 is 2.27 bits per heavy atom. The molecule has 0 heterocycles. The summed E-state index contributed by atoms with van der Waals surface area (Å²) in [4.78, 5) is 11.5. The van der Waals surface area contributed by atoms with Gasteiger partial charge in [0.25, 0.3) is 0 Å². The second-order valence-corrected chi connectivity index (χ2v) is 6.92. The molecule has 2 atom stereocenters. The number of nitrogens with two attached hydrogens (primary N) is 1. The summed E-state index contributed by atoms with van der Waals surface area (Å²) in [6.07, 6.45) is -5.02. The minimum absolute atomic E-state index is 0.159. The third-order valence-electron chi connectivity index (χ3n) is 3.11. The molecule has 0 bridgehead atoms. The molecule has 22 heavy (non-hydrogen) atoms. The second kappa shape index (κ2) is 6.21. The molecule has 0 radical (unpaired) electrons. The summed E-state index contributed by atoms with van der Waals surface area (Å²) in [6, 6.07) is 2.51. The third-order valence-corrected chi connectivity index (χ3v) is 5.28. The normalized spacial score (nSPS) is 15.6. The number of amides is 1. The second-order valence-electron chi connectivity index (χ2n) is 4.60. The Hall–Kier alpha value is -1.68. The lowest BCUT2D eigenvalue weighted by Gasteiger charge is -2.29. The number of primary amides is 1. The van der Waals surface area contributed by atoms with Crippen LogP contribution in [-0.2, 0) is 14.8 Å². The summed E-state index contributed by atoms with van der Waals surface area (Å²) >= 11 is 0. The molecule has 0 saturated heterocycles. The van der Waals surface area contributed by atoms with Gasteiger partial charge in [0.15, 0.2) is 5.25 Å². The first-order chi connectivity index (χ1) is 9.89. The molecule has 10 heteroatoms. The van der Waals surface area contributed by atoms with E-state index >= 15 is 0 Å². The van der Waals surface area contributed by atoms with Crippen LogP contribution in [-0.4, -0.2) is 37.1 Å². The number of carbonyl (C=O) groups excluding carboxylic acids is 1. The van der Waals surface area contributed by atoms with Crippen LogP contribution in [0.4, 0.5) is 17.6 Å². The average Bonchev–Trinajstić information content (AvgIpc) is 2.36. The maximum Gasteiger partial charge on any atom is 0.406 e. The van der Waals surface area contributed by atoms with E-state index in [1.54, 1.807) is 0 Å². The monoisotopic (exact) mass is 342 g/mol. The molecule has 0 aliphatic rings. The molecule has 1 rings (SSSR count). The van der Waals surface area contributed by atoms with Gasteiger partial charge in [0.1, 0.15) is 11.9 Å². The molecule has 1 aromatic rings. The van der Waals surface area contributed by atoms with Crippen LogP contribution in [0.3, 0.4) is 0 Å². The molecule has 5 nitrogen and oxygen atoms in total. The quantitative estimate of drug-likeness (QED) is 0.825. The van der Waals surface area contributed by atoms with Gasteiger partial charge in [-0.2, -0.15) is 17.5 Å². The van der Waals surface area contributed by atoms with Gasteiger partial charge in [-0.05, 0) is 24.6 Å². The Bertz CT molecular complexity index is 661. The van der Waals surface area contributed by atoms with E-state index in [1.807, 2.05) is 0 Å². The van der Waals surface area contributed by atoms with Crippen molar-refractivity contribution >= 4 is 15.9 Å². The lowest BCUT2D eigenvalue weighted by Crippen LogP contribution is -2.47. The minimum atomic E-state index is -5.02. The number of nitrogens with zero attached hydrogens (tertiary/aromatic N) is 1. The Morgan fingerprint density at radius 1 is 1.32 bits per heavy atom. The summed E-state index contributed by atoms with van der Waals surface area (Å²) in [7, 11) is -4.13. The fourth-order valence-electron chi connectivity index (χ4n) is 1.80. The highest BCUT2D eigenvalue weighted by Crippen LogP contribution is 2.31. The molecule has 0 aromatic heterocycles. The van der Waals surface area contributed by atoms with Crippen LogP contribution in [0.5, 0.6) is 0 Å². The van der Waals surface area contributed by atoms with Crippen molar-refractivity contribution in [3.63, 3.8) is 0 Å². The van der Waals surface area contributed by atoms with E-state index in [1.165, 1.54) is 12.1 Å². The van der Waals surface area contributed by atoms with Crippen molar-refractivity contribution in [3.05, 3.63) is 35.6 Å². The number of hydrogen-bond donors (Lipinski definition) is 1. The van der Waals surface area contributed by atoms with Gasteiger partial charge >= 0.3 is 6.18 Å². The van der Waals surface area contributed by atoms with E-state index in [4.69, 9.17) is 5.73 Å². The van der Waals surface area contributed by atoms with Crippen molar-refractivity contribution in [3.8, 4) is 0 Å². The Balaban J connectivity index is 3.31. The van der Waals surface area contributed by atoms with Gasteiger partial charge in [0.2, 0.25) is 15.9 Å². The predicted molar refractivity (Wildman–Crippen MR) is 70.5 cm³/mol. The van der Waals surface area contributed by atoms with Crippen LogP contribution < -0.4 is 5.73 Å². The lowest BCUT2D eigenvalue weighted by atomic mass is 10.1. The average molecular weight is 342 g/mol. The summed E-state index contributed by atoms with van der Waals surface area (Å²) in [6.45, 7) is 0.454. The number of carbonyl (C=O) groups is 1. The number of hydrogen-bond acceptors (Lipinski definition) is 3. The van der Waals surface area contributed by atoms with E-state index in [9.17, 15) is 30.8 Å². The first-order valence-corrected chi connectivity index (χ1v) is 7.47. The molecule has 0 aliphatic heterocycles. The first-order valence-electron chi connectivity index (χ1n) is 5.97. The summed E-state index contributed by atoms with van der Waals surface area (Å²) in [5, 5.41) is -2.74. The maximum absolute atomic E-state index is 13.2. The van der Waals surface area contributed by atoms with Gasteiger partial charge in [-0.15, -0.1) is 0 Å². The fraction of sp³-hybridized carbons (Fsp3) is 0.417. The smallest absolute Gasteiger partial charge is 0.368 e. The Kier molecular flexibility index (Phi) is 5.18. The van der Waals surface area contributed by atoms with Crippen LogP contribution >= 0.6 is 0 Å². The highest BCUT2D eigenvalue weighted by Gasteiger charge is 2.49. The summed E-state index contributed by atoms with van der Waals surface area (Å²) < 4.78 is 75.3. The summed E-state index contributed by atoms with van der Waals surface area (Å²) in [5.41, 5.74) is 4.92. The molecule has 2 unspecified atom stereocenters. The highest BCUT2D eigenvalue weighted by atomic mass is 32.2. The zero-order valence-corrected chi connectivity index (χ0v) is 12.5. The van der Waals surface area contributed by atoms with E-state index in [0.29, 0.717) is 6.92 Å². The molecule has 1 amide bonds. The van der Waals surface area contributed by atoms with Gasteiger partial charge in [-0.3, -0.25) is 4.79 Å². The predicted octanol–water partition coefficient (Wildman–Crippen LogP) is 1.56.